The first-order valence-electron chi connectivity index (χ1n) is 7.54. The minimum atomic E-state index is -4.90. The summed E-state index contributed by atoms with van der Waals surface area (Å²) in [6, 6.07) is 4.10. The van der Waals surface area contributed by atoms with Gasteiger partial charge >= 0.3 is 6.18 Å². The Balaban J connectivity index is 1.87. The van der Waals surface area contributed by atoms with Gasteiger partial charge in [0.1, 0.15) is 0 Å². The van der Waals surface area contributed by atoms with Crippen molar-refractivity contribution >= 4 is 5.69 Å². The highest BCUT2D eigenvalue weighted by atomic mass is 19.4. The molecule has 0 saturated carbocycles. The van der Waals surface area contributed by atoms with Gasteiger partial charge in [-0.05, 0) is 37.1 Å². The fourth-order valence-corrected chi connectivity index (χ4v) is 2.68. The van der Waals surface area contributed by atoms with Gasteiger partial charge in [-0.2, -0.15) is 13.2 Å². The van der Waals surface area contributed by atoms with Gasteiger partial charge in [0.15, 0.2) is 29.0 Å². The van der Waals surface area contributed by atoms with Gasteiger partial charge in [-0.25, -0.2) is 13.2 Å². The third-order valence-corrected chi connectivity index (χ3v) is 3.92. The molecular weight excluding hydrogens is 348 g/mol. The average molecular weight is 361 g/mol. The van der Waals surface area contributed by atoms with Crippen molar-refractivity contribution < 1.29 is 31.1 Å². The normalized spacial score (nSPS) is 14.9. The molecule has 134 valence electrons. The summed E-state index contributed by atoms with van der Waals surface area (Å²) in [5.41, 5.74) is -0.879. The van der Waals surface area contributed by atoms with Crippen molar-refractivity contribution in [3.05, 3.63) is 53.3 Å². The minimum Gasteiger partial charge on any atom is -0.448 e. The number of nitrogens with zero attached hydrogens (tertiary/aromatic N) is 1. The van der Waals surface area contributed by atoms with E-state index in [-0.39, 0.29) is 12.1 Å². The summed E-state index contributed by atoms with van der Waals surface area (Å²) in [7, 11) is 0. The van der Waals surface area contributed by atoms with E-state index in [0.717, 1.165) is 25.9 Å². The molecule has 0 radical (unpaired) electrons. The second-order valence-corrected chi connectivity index (χ2v) is 5.68. The lowest BCUT2D eigenvalue weighted by Crippen LogP contribution is -2.17. The smallest absolute Gasteiger partial charge is 0.416 e. The van der Waals surface area contributed by atoms with Crippen molar-refractivity contribution in [1.29, 1.82) is 0 Å². The number of alkyl halides is 3. The van der Waals surface area contributed by atoms with Gasteiger partial charge in [0.05, 0.1) is 5.56 Å². The predicted octanol–water partition coefficient (Wildman–Crippen LogP) is 5.52. The Morgan fingerprint density at radius 3 is 1.96 bits per heavy atom. The summed E-state index contributed by atoms with van der Waals surface area (Å²) in [6.45, 7) is 1.56. The Morgan fingerprint density at radius 2 is 1.44 bits per heavy atom. The van der Waals surface area contributed by atoms with Crippen LogP contribution in [0.5, 0.6) is 11.5 Å². The molecule has 25 heavy (non-hydrogen) atoms. The maximum Gasteiger partial charge on any atom is 0.416 e. The van der Waals surface area contributed by atoms with Crippen LogP contribution in [0.2, 0.25) is 0 Å². The summed E-state index contributed by atoms with van der Waals surface area (Å²) < 4.78 is 84.1. The van der Waals surface area contributed by atoms with E-state index in [1.54, 1.807) is 0 Å². The highest BCUT2D eigenvalue weighted by Crippen LogP contribution is 2.36. The van der Waals surface area contributed by atoms with E-state index < -0.39 is 40.7 Å². The molecule has 0 aromatic heterocycles. The van der Waals surface area contributed by atoms with Crippen LogP contribution in [0.15, 0.2) is 30.3 Å². The van der Waals surface area contributed by atoms with Crippen LogP contribution in [-0.2, 0) is 6.18 Å². The molecule has 1 heterocycles. The van der Waals surface area contributed by atoms with E-state index in [0.29, 0.717) is 5.69 Å². The molecule has 1 aliphatic heterocycles. The molecule has 0 atom stereocenters. The molecule has 3 rings (SSSR count). The molecule has 0 aliphatic carbocycles. The highest BCUT2D eigenvalue weighted by Gasteiger charge is 2.33. The van der Waals surface area contributed by atoms with Crippen LogP contribution in [0.25, 0.3) is 0 Å². The Kier molecular flexibility index (Phi) is 4.53. The number of halogens is 6. The maximum atomic E-state index is 14.1. The molecule has 0 bridgehead atoms. The third-order valence-electron chi connectivity index (χ3n) is 3.92. The molecule has 0 spiro atoms. The van der Waals surface area contributed by atoms with E-state index in [2.05, 4.69) is 0 Å². The van der Waals surface area contributed by atoms with Crippen LogP contribution in [0.1, 0.15) is 18.4 Å². The summed E-state index contributed by atoms with van der Waals surface area (Å²) in [5.74, 6) is -5.53. The van der Waals surface area contributed by atoms with Crippen molar-refractivity contribution in [2.24, 2.45) is 0 Å². The summed E-state index contributed by atoms with van der Waals surface area (Å²) >= 11 is 0. The number of ether oxygens (including phenoxy) is 1. The monoisotopic (exact) mass is 361 g/mol. The lowest BCUT2D eigenvalue weighted by Gasteiger charge is -2.18. The average Bonchev–Trinajstić information content (AvgIpc) is 3.05. The summed E-state index contributed by atoms with van der Waals surface area (Å²) in [5, 5.41) is 0. The number of hydrogen-bond acceptors (Lipinski definition) is 2. The first-order valence-corrected chi connectivity index (χ1v) is 7.54. The largest absolute Gasteiger partial charge is 0.448 e. The van der Waals surface area contributed by atoms with E-state index in [1.807, 2.05) is 4.90 Å². The highest BCUT2D eigenvalue weighted by molar-refractivity contribution is 5.51. The lowest BCUT2D eigenvalue weighted by molar-refractivity contribution is -0.138. The zero-order valence-electron chi connectivity index (χ0n) is 12.8. The zero-order valence-corrected chi connectivity index (χ0v) is 12.8. The van der Waals surface area contributed by atoms with Crippen molar-refractivity contribution in [2.75, 3.05) is 18.0 Å². The number of benzene rings is 2. The van der Waals surface area contributed by atoms with Crippen LogP contribution >= 0.6 is 0 Å². The molecular formula is C17H13F6NO. The van der Waals surface area contributed by atoms with Crippen molar-refractivity contribution in [2.45, 2.75) is 19.0 Å². The molecule has 1 saturated heterocycles. The van der Waals surface area contributed by atoms with Gasteiger partial charge < -0.3 is 9.64 Å². The molecule has 0 N–H and O–H groups in total. The molecule has 0 unspecified atom stereocenters. The minimum absolute atomic E-state index is 0.106. The van der Waals surface area contributed by atoms with Gasteiger partial charge in [0, 0.05) is 24.8 Å². The van der Waals surface area contributed by atoms with Gasteiger partial charge in [-0.1, -0.05) is 0 Å². The van der Waals surface area contributed by atoms with Crippen molar-refractivity contribution in [1.82, 2.24) is 0 Å². The molecule has 1 aliphatic rings. The SMILES string of the molecule is Fc1cc(N2CCCC2)ccc1Oc1c(F)cc(C(F)(F)F)cc1F. The molecule has 2 nitrogen and oxygen atoms in total. The zero-order chi connectivity index (χ0) is 18.2. The summed E-state index contributed by atoms with van der Waals surface area (Å²) in [6.07, 6.45) is -2.92. The van der Waals surface area contributed by atoms with E-state index >= 15 is 0 Å². The maximum absolute atomic E-state index is 14.1. The fraction of sp³-hybridized carbons (Fsp3) is 0.294. The Morgan fingerprint density at radius 1 is 0.840 bits per heavy atom. The van der Waals surface area contributed by atoms with Crippen LogP contribution in [0, 0.1) is 17.5 Å². The molecule has 2 aromatic rings. The van der Waals surface area contributed by atoms with Gasteiger partial charge in [-0.15, -0.1) is 0 Å². The summed E-state index contributed by atoms with van der Waals surface area (Å²) in [4.78, 5) is 1.95. The second-order valence-electron chi connectivity index (χ2n) is 5.68. The first kappa shape index (κ1) is 17.4. The predicted molar refractivity (Wildman–Crippen MR) is 79.3 cm³/mol. The van der Waals surface area contributed by atoms with E-state index in [1.165, 1.54) is 18.2 Å². The Bertz CT molecular complexity index is 760. The standard InChI is InChI=1S/C17H13F6NO/c18-12-9-11(24-5-1-2-6-24)3-4-15(12)25-16-13(19)7-10(8-14(16)20)17(21,22)23/h3-4,7-9H,1-2,5-6H2. The van der Waals surface area contributed by atoms with Crippen molar-refractivity contribution in [3.63, 3.8) is 0 Å². The fourth-order valence-electron chi connectivity index (χ4n) is 2.68. The van der Waals surface area contributed by atoms with Gasteiger partial charge in [-0.3, -0.25) is 0 Å². The van der Waals surface area contributed by atoms with Crippen molar-refractivity contribution in [3.8, 4) is 11.5 Å². The van der Waals surface area contributed by atoms with E-state index in [9.17, 15) is 26.3 Å². The number of anilines is 1. The van der Waals surface area contributed by atoms with Gasteiger partial charge in [0.2, 0.25) is 0 Å². The third kappa shape index (κ3) is 3.67. The molecule has 1 fully saturated rings. The quantitative estimate of drug-likeness (QED) is 0.668. The number of hydrogen-bond donors (Lipinski definition) is 0. The van der Waals surface area contributed by atoms with E-state index in [4.69, 9.17) is 4.74 Å². The van der Waals surface area contributed by atoms with Crippen LogP contribution in [-0.4, -0.2) is 13.1 Å². The van der Waals surface area contributed by atoms with Crippen LogP contribution < -0.4 is 9.64 Å². The number of rotatable bonds is 3. The Labute approximate surface area is 139 Å². The second kappa shape index (κ2) is 6.50. The topological polar surface area (TPSA) is 12.5 Å². The molecule has 8 heteroatoms. The van der Waals surface area contributed by atoms with Crippen LogP contribution in [0.4, 0.5) is 32.0 Å². The van der Waals surface area contributed by atoms with Crippen LogP contribution in [0.3, 0.4) is 0 Å². The first-order chi connectivity index (χ1) is 11.8. The molecule has 2 aromatic carbocycles. The Hall–Kier alpha value is -2.38. The molecule has 0 amide bonds. The lowest BCUT2D eigenvalue weighted by atomic mass is 10.2. The van der Waals surface area contributed by atoms with Gasteiger partial charge in [0.25, 0.3) is 0 Å².